The maximum Gasteiger partial charge on any atom is 0.472 e. The van der Waals surface area contributed by atoms with E-state index in [1.54, 1.807) is 0 Å². The standard InChI is InChI=1S/C63H122NO8P/c1-3-5-7-9-11-13-15-17-19-21-23-25-27-28-29-30-31-32-34-36-38-40-42-44-46-48-50-52-54-56-63(66)72-61(60-71-73(67,68)70-58-57-64)59-69-62(65)55-53-51-49-47-45-43-41-39-37-35-33-26-24-22-20-18-16-14-12-10-8-6-4-2/h15,17,21,23,61H,3-14,16,18-20,22,24-60,64H2,1-2H3,(H,67,68)/b17-15-,23-21-. The van der Waals surface area contributed by atoms with Crippen molar-refractivity contribution >= 4 is 19.8 Å². The second-order valence-electron chi connectivity index (χ2n) is 21.6. The predicted molar refractivity (Wildman–Crippen MR) is 312 cm³/mol. The van der Waals surface area contributed by atoms with Gasteiger partial charge < -0.3 is 20.1 Å². The highest BCUT2D eigenvalue weighted by Crippen LogP contribution is 2.43. The molecule has 0 amide bonds. The van der Waals surface area contributed by atoms with Crippen LogP contribution in [0.5, 0.6) is 0 Å². The van der Waals surface area contributed by atoms with E-state index in [2.05, 4.69) is 38.2 Å². The van der Waals surface area contributed by atoms with E-state index in [4.69, 9.17) is 24.3 Å². The summed E-state index contributed by atoms with van der Waals surface area (Å²) in [6, 6.07) is 0. The average Bonchev–Trinajstić information content (AvgIpc) is 3.38. The molecule has 0 aliphatic carbocycles. The van der Waals surface area contributed by atoms with Gasteiger partial charge in [-0.3, -0.25) is 18.6 Å². The number of carbonyl (C=O) groups excluding carboxylic acids is 2. The van der Waals surface area contributed by atoms with Crippen molar-refractivity contribution in [2.45, 2.75) is 341 Å². The lowest BCUT2D eigenvalue weighted by Crippen LogP contribution is -2.29. The Labute approximate surface area is 452 Å². The monoisotopic (exact) mass is 1050 g/mol. The van der Waals surface area contributed by atoms with Crippen molar-refractivity contribution in [2.75, 3.05) is 26.4 Å². The van der Waals surface area contributed by atoms with E-state index < -0.39 is 26.5 Å². The van der Waals surface area contributed by atoms with Gasteiger partial charge in [0, 0.05) is 19.4 Å². The summed E-state index contributed by atoms with van der Waals surface area (Å²) < 4.78 is 33.1. The Morgan fingerprint density at radius 1 is 0.411 bits per heavy atom. The fourth-order valence-electron chi connectivity index (χ4n) is 9.61. The Morgan fingerprint density at radius 3 is 1.04 bits per heavy atom. The number of unbranched alkanes of at least 4 members (excludes halogenated alkanes) is 44. The summed E-state index contributed by atoms with van der Waals surface area (Å²) in [6.45, 7) is 3.81. The van der Waals surface area contributed by atoms with E-state index in [1.165, 1.54) is 263 Å². The quantitative estimate of drug-likeness (QED) is 0.0264. The lowest BCUT2D eigenvalue weighted by Gasteiger charge is -2.19. The molecular formula is C63H122NO8P. The third-order valence-electron chi connectivity index (χ3n) is 14.3. The first kappa shape index (κ1) is 71.5. The van der Waals surface area contributed by atoms with Crippen LogP contribution in [0, 0.1) is 0 Å². The van der Waals surface area contributed by atoms with E-state index in [0.717, 1.165) is 38.5 Å². The van der Waals surface area contributed by atoms with Crippen LogP contribution >= 0.6 is 7.82 Å². The van der Waals surface area contributed by atoms with Crippen molar-refractivity contribution < 1.29 is 37.6 Å². The summed E-state index contributed by atoms with van der Waals surface area (Å²) in [5, 5.41) is 0. The molecule has 0 saturated heterocycles. The van der Waals surface area contributed by atoms with Crippen molar-refractivity contribution in [3.05, 3.63) is 24.3 Å². The molecule has 73 heavy (non-hydrogen) atoms. The van der Waals surface area contributed by atoms with Crippen molar-refractivity contribution in [1.29, 1.82) is 0 Å². The fourth-order valence-corrected chi connectivity index (χ4v) is 10.4. The molecule has 0 radical (unpaired) electrons. The smallest absolute Gasteiger partial charge is 0.462 e. The van der Waals surface area contributed by atoms with Gasteiger partial charge in [-0.15, -0.1) is 0 Å². The molecule has 9 nitrogen and oxygen atoms in total. The zero-order valence-corrected chi connectivity index (χ0v) is 49.3. The SMILES string of the molecule is CCCCCCC/C=C\C/C=C\CCCCCCCCCCCCCCCCCCCC(=O)OC(COC(=O)CCCCCCCCCCCCCCCCCCCCCCCCC)COP(=O)(O)OCCN. The van der Waals surface area contributed by atoms with Gasteiger partial charge in [0.15, 0.2) is 6.10 Å². The van der Waals surface area contributed by atoms with E-state index in [9.17, 15) is 19.0 Å². The van der Waals surface area contributed by atoms with E-state index >= 15 is 0 Å². The minimum absolute atomic E-state index is 0.0566. The maximum absolute atomic E-state index is 12.7. The number of phosphoric ester groups is 1. The van der Waals surface area contributed by atoms with Crippen LogP contribution in [0.1, 0.15) is 335 Å². The third-order valence-corrected chi connectivity index (χ3v) is 15.3. The molecule has 2 atom stereocenters. The van der Waals surface area contributed by atoms with Crippen LogP contribution in [0.3, 0.4) is 0 Å². The van der Waals surface area contributed by atoms with Crippen molar-refractivity contribution in [3.63, 3.8) is 0 Å². The van der Waals surface area contributed by atoms with Crippen LogP contribution < -0.4 is 5.73 Å². The van der Waals surface area contributed by atoms with Crippen molar-refractivity contribution in [2.24, 2.45) is 5.73 Å². The molecule has 0 spiro atoms. The minimum atomic E-state index is -4.39. The molecule has 432 valence electrons. The van der Waals surface area contributed by atoms with Crippen molar-refractivity contribution in [1.82, 2.24) is 0 Å². The highest BCUT2D eigenvalue weighted by atomic mass is 31.2. The molecule has 0 saturated carbocycles. The summed E-state index contributed by atoms with van der Waals surface area (Å²) in [5.74, 6) is -0.805. The first-order valence-electron chi connectivity index (χ1n) is 31.8. The van der Waals surface area contributed by atoms with Crippen LogP contribution in [0.25, 0.3) is 0 Å². The molecule has 0 rings (SSSR count). The summed E-state index contributed by atoms with van der Waals surface area (Å²) in [5.41, 5.74) is 5.39. The first-order valence-corrected chi connectivity index (χ1v) is 33.3. The molecule has 0 aromatic rings. The van der Waals surface area contributed by atoms with Gasteiger partial charge in [0.2, 0.25) is 0 Å². The molecule has 0 aromatic carbocycles. The molecule has 0 fully saturated rings. The van der Waals surface area contributed by atoms with Crippen molar-refractivity contribution in [3.8, 4) is 0 Å². The van der Waals surface area contributed by atoms with Gasteiger partial charge in [-0.2, -0.15) is 0 Å². The zero-order chi connectivity index (χ0) is 53.1. The number of nitrogens with two attached hydrogens (primary N) is 1. The number of hydrogen-bond donors (Lipinski definition) is 2. The molecule has 10 heteroatoms. The van der Waals surface area contributed by atoms with Crippen LogP contribution in [-0.4, -0.2) is 49.3 Å². The maximum atomic E-state index is 12.7. The Kier molecular flexibility index (Phi) is 58.5. The van der Waals surface area contributed by atoms with Gasteiger partial charge in [0.1, 0.15) is 6.61 Å². The lowest BCUT2D eigenvalue weighted by atomic mass is 10.0. The molecule has 0 aliphatic rings. The van der Waals surface area contributed by atoms with E-state index in [0.29, 0.717) is 6.42 Å². The topological polar surface area (TPSA) is 134 Å². The second-order valence-corrected chi connectivity index (χ2v) is 23.1. The lowest BCUT2D eigenvalue weighted by molar-refractivity contribution is -0.161. The predicted octanol–water partition coefficient (Wildman–Crippen LogP) is 20.2. The highest BCUT2D eigenvalue weighted by molar-refractivity contribution is 7.47. The Balaban J connectivity index is 3.87. The Bertz CT molecular complexity index is 1250. The number of carbonyl (C=O) groups is 2. The first-order chi connectivity index (χ1) is 35.8. The van der Waals surface area contributed by atoms with Crippen LogP contribution in [0.4, 0.5) is 0 Å². The largest absolute Gasteiger partial charge is 0.472 e. The normalized spacial score (nSPS) is 13.1. The molecule has 3 N–H and O–H groups in total. The summed E-state index contributed by atoms with van der Waals surface area (Å²) >= 11 is 0. The summed E-state index contributed by atoms with van der Waals surface area (Å²) in [7, 11) is -4.39. The van der Waals surface area contributed by atoms with Gasteiger partial charge in [0.25, 0.3) is 0 Å². The number of phosphoric acid groups is 1. The Morgan fingerprint density at radius 2 is 0.712 bits per heavy atom. The Hall–Kier alpha value is -1.51. The van der Waals surface area contributed by atoms with Crippen LogP contribution in [0.15, 0.2) is 24.3 Å². The number of rotatable bonds is 61. The molecule has 0 heterocycles. The molecule has 0 aliphatic heterocycles. The summed E-state index contributed by atoms with van der Waals surface area (Å²) in [4.78, 5) is 35.3. The third kappa shape index (κ3) is 59.6. The minimum Gasteiger partial charge on any atom is -0.462 e. The van der Waals surface area contributed by atoms with E-state index in [1.807, 2.05) is 0 Å². The number of ether oxygens (including phenoxy) is 2. The van der Waals surface area contributed by atoms with Gasteiger partial charge >= 0.3 is 19.8 Å². The number of allylic oxidation sites excluding steroid dienone is 4. The van der Waals surface area contributed by atoms with E-state index in [-0.39, 0.29) is 38.6 Å². The fraction of sp³-hybridized carbons (Fsp3) is 0.905. The number of esters is 2. The molecule has 0 bridgehead atoms. The molecule has 2 unspecified atom stereocenters. The highest BCUT2D eigenvalue weighted by Gasteiger charge is 2.26. The van der Waals surface area contributed by atoms with Gasteiger partial charge in [-0.25, -0.2) is 4.57 Å². The molecular weight excluding hydrogens is 930 g/mol. The van der Waals surface area contributed by atoms with Crippen LogP contribution in [-0.2, 0) is 32.7 Å². The summed E-state index contributed by atoms with van der Waals surface area (Å²) in [6.07, 6.45) is 71.1. The van der Waals surface area contributed by atoms with Gasteiger partial charge in [-0.1, -0.05) is 301 Å². The second kappa shape index (κ2) is 59.7. The van der Waals surface area contributed by atoms with Gasteiger partial charge in [-0.05, 0) is 44.9 Å². The van der Waals surface area contributed by atoms with Gasteiger partial charge in [0.05, 0.1) is 13.2 Å². The zero-order valence-electron chi connectivity index (χ0n) is 48.4. The van der Waals surface area contributed by atoms with Crippen LogP contribution in [0.2, 0.25) is 0 Å². The molecule has 0 aromatic heterocycles. The number of hydrogen-bond acceptors (Lipinski definition) is 8. The average molecular weight is 1050 g/mol.